The molecule has 4 nitrogen and oxygen atoms in total. The van der Waals surface area contributed by atoms with Gasteiger partial charge in [-0.25, -0.2) is 0 Å². The van der Waals surface area contributed by atoms with Crippen molar-refractivity contribution < 1.29 is 9.21 Å². The molecule has 19 heavy (non-hydrogen) atoms. The van der Waals surface area contributed by atoms with Gasteiger partial charge in [0.05, 0.1) is 6.54 Å². The summed E-state index contributed by atoms with van der Waals surface area (Å²) in [5.41, 5.74) is 0. The summed E-state index contributed by atoms with van der Waals surface area (Å²) in [5, 5.41) is 6.35. The highest BCUT2D eigenvalue weighted by Gasteiger charge is 2.15. The Morgan fingerprint density at radius 3 is 2.79 bits per heavy atom. The fraction of sp³-hybridized carbons (Fsp3) is 0.667. The van der Waals surface area contributed by atoms with Crippen LogP contribution in [0.2, 0.25) is 0 Å². The van der Waals surface area contributed by atoms with Crippen molar-refractivity contribution in [1.29, 1.82) is 0 Å². The number of aryl methyl sites for hydroxylation is 1. The van der Waals surface area contributed by atoms with Crippen molar-refractivity contribution >= 4 is 5.91 Å². The van der Waals surface area contributed by atoms with Gasteiger partial charge in [-0.2, -0.15) is 0 Å². The summed E-state index contributed by atoms with van der Waals surface area (Å²) in [5.74, 6) is 2.01. The monoisotopic (exact) mass is 264 g/mol. The van der Waals surface area contributed by atoms with Crippen LogP contribution in [0.15, 0.2) is 16.5 Å². The number of carbonyl (C=O) groups is 1. The van der Waals surface area contributed by atoms with E-state index < -0.39 is 0 Å². The Kier molecular flexibility index (Phi) is 5.45. The predicted octanol–water partition coefficient (Wildman–Crippen LogP) is 2.52. The number of nitrogens with one attached hydrogen (secondary N) is 2. The van der Waals surface area contributed by atoms with E-state index >= 15 is 0 Å². The second-order valence-corrected chi connectivity index (χ2v) is 5.34. The lowest BCUT2D eigenvalue weighted by Gasteiger charge is -2.22. The Morgan fingerprint density at radius 2 is 2.11 bits per heavy atom. The molecule has 0 atom stereocenters. The molecule has 2 N–H and O–H groups in total. The lowest BCUT2D eigenvalue weighted by Crippen LogP contribution is -2.37. The summed E-state index contributed by atoms with van der Waals surface area (Å²) in [7, 11) is 0. The highest BCUT2D eigenvalue weighted by atomic mass is 16.3. The van der Waals surface area contributed by atoms with E-state index in [9.17, 15) is 4.79 Å². The standard InChI is InChI=1S/C15H24N2O2/c1-12-7-8-14(19-12)11-16-10-9-15(18)17-13-5-3-2-4-6-13/h7-8,13,16H,2-6,9-11H2,1H3,(H,17,18). The fourth-order valence-corrected chi connectivity index (χ4v) is 2.54. The van der Waals surface area contributed by atoms with Gasteiger partial charge in [-0.05, 0) is 31.9 Å². The third-order valence-corrected chi connectivity index (χ3v) is 3.59. The van der Waals surface area contributed by atoms with E-state index in [2.05, 4.69) is 10.6 Å². The topological polar surface area (TPSA) is 54.3 Å². The smallest absolute Gasteiger partial charge is 0.221 e. The molecular formula is C15H24N2O2. The maximum absolute atomic E-state index is 11.8. The van der Waals surface area contributed by atoms with E-state index in [1.54, 1.807) is 0 Å². The Morgan fingerprint density at radius 1 is 1.32 bits per heavy atom. The first-order valence-corrected chi connectivity index (χ1v) is 7.29. The van der Waals surface area contributed by atoms with E-state index in [-0.39, 0.29) is 5.91 Å². The van der Waals surface area contributed by atoms with Gasteiger partial charge in [-0.3, -0.25) is 4.79 Å². The SMILES string of the molecule is Cc1ccc(CNCCC(=O)NC2CCCCC2)o1. The van der Waals surface area contributed by atoms with Gasteiger partial charge in [0.2, 0.25) is 5.91 Å². The minimum Gasteiger partial charge on any atom is -0.465 e. The molecule has 0 aromatic carbocycles. The van der Waals surface area contributed by atoms with Crippen LogP contribution in [-0.4, -0.2) is 18.5 Å². The van der Waals surface area contributed by atoms with Crippen molar-refractivity contribution in [2.45, 2.75) is 58.0 Å². The van der Waals surface area contributed by atoms with Crippen LogP contribution in [-0.2, 0) is 11.3 Å². The molecule has 0 radical (unpaired) electrons. The average Bonchev–Trinajstić information content (AvgIpc) is 2.82. The molecule has 0 unspecified atom stereocenters. The Labute approximate surface area is 114 Å². The molecule has 106 valence electrons. The Balaban J connectivity index is 1.56. The summed E-state index contributed by atoms with van der Waals surface area (Å²) in [4.78, 5) is 11.8. The first-order chi connectivity index (χ1) is 9.24. The first kappa shape index (κ1) is 14.1. The molecule has 4 heteroatoms. The maximum atomic E-state index is 11.8. The predicted molar refractivity (Wildman–Crippen MR) is 74.8 cm³/mol. The summed E-state index contributed by atoms with van der Waals surface area (Å²) >= 11 is 0. The summed E-state index contributed by atoms with van der Waals surface area (Å²) < 4.78 is 5.45. The van der Waals surface area contributed by atoms with Crippen LogP contribution >= 0.6 is 0 Å². The molecule has 1 fully saturated rings. The molecule has 1 aliphatic rings. The lowest BCUT2D eigenvalue weighted by molar-refractivity contribution is -0.121. The normalized spacial score (nSPS) is 16.5. The quantitative estimate of drug-likeness (QED) is 0.776. The van der Waals surface area contributed by atoms with Crippen LogP contribution in [0.1, 0.15) is 50.0 Å². The second-order valence-electron chi connectivity index (χ2n) is 5.34. The second kappa shape index (κ2) is 7.34. The van der Waals surface area contributed by atoms with Crippen molar-refractivity contribution in [2.75, 3.05) is 6.54 Å². The number of carbonyl (C=O) groups excluding carboxylic acids is 1. The molecule has 1 aliphatic carbocycles. The molecule has 0 spiro atoms. The molecule has 1 heterocycles. The van der Waals surface area contributed by atoms with Gasteiger partial charge in [0.1, 0.15) is 11.5 Å². The minimum absolute atomic E-state index is 0.162. The van der Waals surface area contributed by atoms with Crippen molar-refractivity contribution in [1.82, 2.24) is 10.6 Å². The molecule has 2 rings (SSSR count). The molecule has 1 aromatic rings. The van der Waals surface area contributed by atoms with E-state index in [0.717, 1.165) is 24.4 Å². The van der Waals surface area contributed by atoms with Crippen LogP contribution < -0.4 is 10.6 Å². The van der Waals surface area contributed by atoms with Gasteiger partial charge in [-0.15, -0.1) is 0 Å². The number of rotatable bonds is 6. The summed E-state index contributed by atoms with van der Waals surface area (Å²) in [6.45, 7) is 3.31. The van der Waals surface area contributed by atoms with Crippen molar-refractivity contribution in [3.05, 3.63) is 23.7 Å². The zero-order valence-corrected chi connectivity index (χ0v) is 11.7. The van der Waals surface area contributed by atoms with Gasteiger partial charge in [0.25, 0.3) is 0 Å². The lowest BCUT2D eigenvalue weighted by atomic mass is 9.95. The molecule has 1 saturated carbocycles. The Hall–Kier alpha value is -1.29. The van der Waals surface area contributed by atoms with Crippen molar-refractivity contribution in [2.24, 2.45) is 0 Å². The van der Waals surface area contributed by atoms with Crippen molar-refractivity contribution in [3.63, 3.8) is 0 Å². The number of furan rings is 1. The minimum atomic E-state index is 0.162. The van der Waals surface area contributed by atoms with Gasteiger partial charge in [0, 0.05) is 19.0 Å². The number of amides is 1. The van der Waals surface area contributed by atoms with Crippen LogP contribution in [0.5, 0.6) is 0 Å². The number of hydrogen-bond donors (Lipinski definition) is 2. The van der Waals surface area contributed by atoms with Crippen LogP contribution in [0.4, 0.5) is 0 Å². The van der Waals surface area contributed by atoms with Gasteiger partial charge < -0.3 is 15.1 Å². The van der Waals surface area contributed by atoms with Gasteiger partial charge >= 0.3 is 0 Å². The summed E-state index contributed by atoms with van der Waals surface area (Å²) in [6.07, 6.45) is 6.64. The molecule has 0 aliphatic heterocycles. The zero-order chi connectivity index (χ0) is 13.5. The average molecular weight is 264 g/mol. The van der Waals surface area contributed by atoms with E-state index in [0.29, 0.717) is 25.6 Å². The molecule has 0 saturated heterocycles. The van der Waals surface area contributed by atoms with Crippen LogP contribution in [0, 0.1) is 6.92 Å². The molecular weight excluding hydrogens is 240 g/mol. The summed E-state index contributed by atoms with van der Waals surface area (Å²) in [6, 6.07) is 4.33. The Bertz CT molecular complexity index is 395. The number of hydrogen-bond acceptors (Lipinski definition) is 3. The van der Waals surface area contributed by atoms with E-state index in [4.69, 9.17) is 4.42 Å². The van der Waals surface area contributed by atoms with Crippen molar-refractivity contribution in [3.8, 4) is 0 Å². The van der Waals surface area contributed by atoms with E-state index in [1.165, 1.54) is 19.3 Å². The van der Waals surface area contributed by atoms with Gasteiger partial charge in [0.15, 0.2) is 0 Å². The molecule has 0 bridgehead atoms. The van der Waals surface area contributed by atoms with E-state index in [1.807, 2.05) is 19.1 Å². The molecule has 1 amide bonds. The first-order valence-electron chi connectivity index (χ1n) is 7.29. The largest absolute Gasteiger partial charge is 0.465 e. The van der Waals surface area contributed by atoms with Crippen LogP contribution in [0.3, 0.4) is 0 Å². The van der Waals surface area contributed by atoms with Gasteiger partial charge in [-0.1, -0.05) is 19.3 Å². The third kappa shape index (κ3) is 5.07. The fourth-order valence-electron chi connectivity index (χ4n) is 2.54. The highest BCUT2D eigenvalue weighted by Crippen LogP contribution is 2.17. The maximum Gasteiger partial charge on any atom is 0.221 e. The zero-order valence-electron chi connectivity index (χ0n) is 11.7. The highest BCUT2D eigenvalue weighted by molar-refractivity contribution is 5.76. The third-order valence-electron chi connectivity index (χ3n) is 3.59. The van der Waals surface area contributed by atoms with Crippen LogP contribution in [0.25, 0.3) is 0 Å². The molecule has 1 aromatic heterocycles.